The number of rotatable bonds is 5. The Morgan fingerprint density at radius 1 is 1.09 bits per heavy atom. The summed E-state index contributed by atoms with van der Waals surface area (Å²) in [4.78, 5) is 5.10. The Hall–Kier alpha value is -2.23. The molecule has 0 bridgehead atoms. The zero-order valence-electron chi connectivity index (χ0n) is 18.2. The van der Waals surface area contributed by atoms with Crippen molar-refractivity contribution < 1.29 is 13.5 Å². The molecule has 168 valence electrons. The highest BCUT2D eigenvalue weighted by atomic mass is 32.2. The molecule has 0 amide bonds. The van der Waals surface area contributed by atoms with Gasteiger partial charge in [0.15, 0.2) is 9.84 Å². The number of aliphatic hydroxyl groups is 1. The van der Waals surface area contributed by atoms with Gasteiger partial charge in [0.1, 0.15) is 11.6 Å². The maximum Gasteiger partial charge on any atom is 0.175 e. The molecule has 0 radical (unpaired) electrons. The van der Waals surface area contributed by atoms with Crippen LogP contribution in [0.3, 0.4) is 0 Å². The number of thioether (sulfide) groups is 1. The second kappa shape index (κ2) is 7.67. The zero-order valence-corrected chi connectivity index (χ0v) is 19.8. The number of fused-ring (bicyclic) bond motifs is 1. The number of pyridine rings is 1. The van der Waals surface area contributed by atoms with E-state index in [1.807, 2.05) is 24.4 Å². The molecule has 32 heavy (non-hydrogen) atoms. The lowest BCUT2D eigenvalue weighted by Gasteiger charge is -2.23. The lowest BCUT2D eigenvalue weighted by molar-refractivity contribution is 0.254. The highest BCUT2D eigenvalue weighted by Crippen LogP contribution is 2.52. The highest BCUT2D eigenvalue weighted by molar-refractivity contribution is 8.00. The molecule has 1 aliphatic carbocycles. The molecule has 9 heteroatoms. The van der Waals surface area contributed by atoms with Crippen LogP contribution in [0.15, 0.2) is 47.5 Å². The van der Waals surface area contributed by atoms with Gasteiger partial charge in [0.25, 0.3) is 0 Å². The fraction of sp³-hybridized carbons (Fsp3) is 0.435. The van der Waals surface area contributed by atoms with E-state index in [4.69, 9.17) is 4.98 Å². The first-order valence-corrected chi connectivity index (χ1v) is 13.6. The zero-order chi connectivity index (χ0) is 22.6. The molecule has 2 aliphatic rings. The standard InChI is InChI=1S/C23H26N4O3S2/c1-22(15-28)13-20-25-26-21(27(20)11-12-31-22)23(9-10-23)19-8-5-17(14-24-19)16-3-6-18(7-4-16)32(2,29)30/h3-8,14,28H,9-13,15H2,1-2H3/t22-/m1/s1. The van der Waals surface area contributed by atoms with Gasteiger partial charge < -0.3 is 9.67 Å². The van der Waals surface area contributed by atoms with Crippen LogP contribution in [0, 0.1) is 0 Å². The summed E-state index contributed by atoms with van der Waals surface area (Å²) in [5.74, 6) is 2.84. The fourth-order valence-electron chi connectivity index (χ4n) is 4.39. The summed E-state index contributed by atoms with van der Waals surface area (Å²) in [5, 5.41) is 18.9. The molecule has 1 atom stereocenters. The van der Waals surface area contributed by atoms with Crippen molar-refractivity contribution in [2.24, 2.45) is 0 Å². The molecule has 1 aliphatic heterocycles. The van der Waals surface area contributed by atoms with E-state index in [2.05, 4.69) is 27.8 Å². The topological polar surface area (TPSA) is 98.0 Å². The Morgan fingerprint density at radius 3 is 2.41 bits per heavy atom. The minimum atomic E-state index is -3.21. The van der Waals surface area contributed by atoms with Crippen molar-refractivity contribution in [1.82, 2.24) is 19.7 Å². The van der Waals surface area contributed by atoms with Crippen LogP contribution in [-0.2, 0) is 28.2 Å². The van der Waals surface area contributed by atoms with Crippen LogP contribution >= 0.6 is 11.8 Å². The Bertz CT molecular complexity index is 1250. The molecule has 1 aromatic carbocycles. The molecule has 7 nitrogen and oxygen atoms in total. The summed E-state index contributed by atoms with van der Waals surface area (Å²) in [6.45, 7) is 3.04. The van der Waals surface area contributed by atoms with Gasteiger partial charge in [-0.2, -0.15) is 11.8 Å². The van der Waals surface area contributed by atoms with E-state index < -0.39 is 9.84 Å². The molecule has 1 N–H and O–H groups in total. The molecule has 0 unspecified atom stereocenters. The molecular formula is C23H26N4O3S2. The summed E-state index contributed by atoms with van der Waals surface area (Å²) in [7, 11) is -3.21. The smallest absolute Gasteiger partial charge is 0.175 e. The van der Waals surface area contributed by atoms with Gasteiger partial charge >= 0.3 is 0 Å². The first kappa shape index (κ1) is 21.6. The maximum atomic E-state index is 11.7. The Morgan fingerprint density at radius 2 is 1.81 bits per heavy atom. The van der Waals surface area contributed by atoms with Gasteiger partial charge in [0.2, 0.25) is 0 Å². The van der Waals surface area contributed by atoms with Crippen molar-refractivity contribution in [3.8, 4) is 11.1 Å². The first-order valence-electron chi connectivity index (χ1n) is 10.7. The van der Waals surface area contributed by atoms with Crippen LogP contribution in [0.25, 0.3) is 11.1 Å². The van der Waals surface area contributed by atoms with Crippen molar-refractivity contribution in [1.29, 1.82) is 0 Å². The maximum absolute atomic E-state index is 11.7. The third-order valence-electron chi connectivity index (χ3n) is 6.51. The van der Waals surface area contributed by atoms with E-state index in [0.717, 1.165) is 53.6 Å². The predicted octanol–water partition coefficient (Wildman–Crippen LogP) is 2.86. The van der Waals surface area contributed by atoms with Crippen LogP contribution < -0.4 is 0 Å². The second-order valence-electron chi connectivity index (χ2n) is 9.04. The average molecular weight is 471 g/mol. The van der Waals surface area contributed by atoms with Gasteiger partial charge in [-0.05, 0) is 43.5 Å². The third-order valence-corrected chi connectivity index (χ3v) is 8.99. The van der Waals surface area contributed by atoms with Crippen LogP contribution in [0.4, 0.5) is 0 Å². The number of sulfone groups is 1. The van der Waals surface area contributed by atoms with E-state index in [-0.39, 0.29) is 16.8 Å². The largest absolute Gasteiger partial charge is 0.395 e. The van der Waals surface area contributed by atoms with E-state index in [1.54, 1.807) is 23.9 Å². The molecule has 0 spiro atoms. The summed E-state index contributed by atoms with van der Waals surface area (Å²) in [5.41, 5.74) is 2.66. The third kappa shape index (κ3) is 3.76. The first-order chi connectivity index (χ1) is 15.2. The summed E-state index contributed by atoms with van der Waals surface area (Å²) in [6, 6.07) is 11.0. The van der Waals surface area contributed by atoms with E-state index in [1.165, 1.54) is 6.26 Å². The lowest BCUT2D eigenvalue weighted by atomic mass is 9.98. The monoisotopic (exact) mass is 470 g/mol. The van der Waals surface area contributed by atoms with Crippen molar-refractivity contribution >= 4 is 21.6 Å². The summed E-state index contributed by atoms with van der Waals surface area (Å²) in [6.07, 6.45) is 5.74. The van der Waals surface area contributed by atoms with Gasteiger partial charge in [0, 0.05) is 41.5 Å². The van der Waals surface area contributed by atoms with Gasteiger partial charge in [-0.25, -0.2) is 8.42 Å². The summed E-state index contributed by atoms with van der Waals surface area (Å²) >= 11 is 1.79. The van der Waals surface area contributed by atoms with Crippen molar-refractivity contribution in [2.75, 3.05) is 18.6 Å². The second-order valence-corrected chi connectivity index (χ2v) is 12.7. The van der Waals surface area contributed by atoms with Gasteiger partial charge in [-0.3, -0.25) is 4.98 Å². The normalized spacial score (nSPS) is 22.2. The van der Waals surface area contributed by atoms with Gasteiger partial charge in [-0.15, -0.1) is 10.2 Å². The average Bonchev–Trinajstić information content (AvgIpc) is 3.53. The number of hydrogen-bond acceptors (Lipinski definition) is 7. The molecule has 2 aromatic heterocycles. The number of aromatic nitrogens is 4. The molecule has 5 rings (SSSR count). The Labute approximate surface area is 192 Å². The van der Waals surface area contributed by atoms with E-state index in [0.29, 0.717) is 11.3 Å². The van der Waals surface area contributed by atoms with E-state index in [9.17, 15) is 13.5 Å². The van der Waals surface area contributed by atoms with Crippen molar-refractivity contribution in [2.45, 2.75) is 47.8 Å². The van der Waals surface area contributed by atoms with Gasteiger partial charge in [0.05, 0.1) is 22.6 Å². The SMILES string of the molecule is C[C@]1(CO)Cc2nnc(C3(c4ccc(-c5ccc(S(C)(=O)=O)cc5)cn4)CC3)n2CCS1. The molecule has 1 fully saturated rings. The molecule has 3 heterocycles. The number of nitrogens with zero attached hydrogens (tertiary/aromatic N) is 4. The van der Waals surface area contributed by atoms with Crippen LogP contribution in [0.1, 0.15) is 37.1 Å². The van der Waals surface area contributed by atoms with E-state index >= 15 is 0 Å². The predicted molar refractivity (Wildman–Crippen MR) is 124 cm³/mol. The number of hydrogen-bond donors (Lipinski definition) is 1. The molecule has 3 aromatic rings. The minimum absolute atomic E-state index is 0.124. The van der Waals surface area contributed by atoms with Gasteiger partial charge in [-0.1, -0.05) is 18.2 Å². The quantitative estimate of drug-likeness (QED) is 0.612. The Balaban J connectivity index is 1.43. The van der Waals surface area contributed by atoms with Crippen molar-refractivity contribution in [3.63, 3.8) is 0 Å². The fourth-order valence-corrected chi connectivity index (χ4v) is 6.11. The van der Waals surface area contributed by atoms with Crippen LogP contribution in [0.5, 0.6) is 0 Å². The minimum Gasteiger partial charge on any atom is -0.395 e. The number of aliphatic hydroxyl groups excluding tert-OH is 1. The van der Waals surface area contributed by atoms with Crippen LogP contribution in [-0.4, -0.2) is 56.6 Å². The molecule has 0 saturated heterocycles. The molecule has 1 saturated carbocycles. The highest BCUT2D eigenvalue weighted by Gasteiger charge is 2.52. The molecular weight excluding hydrogens is 444 g/mol. The lowest BCUT2D eigenvalue weighted by Crippen LogP contribution is -2.28. The number of benzene rings is 1. The van der Waals surface area contributed by atoms with Crippen LogP contribution in [0.2, 0.25) is 0 Å². The Kier molecular flexibility index (Phi) is 5.18. The van der Waals surface area contributed by atoms with Crippen molar-refractivity contribution in [3.05, 3.63) is 59.9 Å². The summed E-state index contributed by atoms with van der Waals surface area (Å²) < 4.78 is 25.4.